The van der Waals surface area contributed by atoms with Gasteiger partial charge in [-0.25, -0.2) is 9.97 Å². The van der Waals surface area contributed by atoms with E-state index in [9.17, 15) is 4.79 Å². The number of halogens is 2. The van der Waals surface area contributed by atoms with Crippen LogP contribution in [0.4, 0.5) is 0 Å². The summed E-state index contributed by atoms with van der Waals surface area (Å²) in [6.07, 6.45) is 4.45. The summed E-state index contributed by atoms with van der Waals surface area (Å²) in [7, 11) is 0. The highest BCUT2D eigenvalue weighted by Gasteiger charge is 2.24. The predicted octanol–water partition coefficient (Wildman–Crippen LogP) is 5.52. The van der Waals surface area contributed by atoms with Crippen LogP contribution in [-0.4, -0.2) is 19.1 Å². The second kappa shape index (κ2) is 7.13. The van der Waals surface area contributed by atoms with Crippen molar-refractivity contribution in [3.63, 3.8) is 0 Å². The summed E-state index contributed by atoms with van der Waals surface area (Å²) in [4.78, 5) is 22.3. The van der Waals surface area contributed by atoms with Crippen molar-refractivity contribution in [1.29, 1.82) is 0 Å². The Morgan fingerprint density at radius 3 is 2.72 bits per heavy atom. The molecular formula is C21H16Cl2N4OS. The highest BCUT2D eigenvalue weighted by molar-refractivity contribution is 7.13. The Labute approximate surface area is 181 Å². The first-order chi connectivity index (χ1) is 14.0. The molecule has 0 N–H and O–H groups in total. The Morgan fingerprint density at radius 2 is 1.97 bits per heavy atom. The molecule has 5 nitrogen and oxygen atoms in total. The Bertz CT molecular complexity index is 1300. The molecule has 29 heavy (non-hydrogen) atoms. The van der Waals surface area contributed by atoms with Crippen molar-refractivity contribution in [1.82, 2.24) is 19.1 Å². The molecular weight excluding hydrogens is 427 g/mol. The zero-order valence-electron chi connectivity index (χ0n) is 15.5. The molecule has 0 saturated carbocycles. The minimum absolute atomic E-state index is 0.0437. The number of aromatic nitrogens is 4. The summed E-state index contributed by atoms with van der Waals surface area (Å²) in [5.74, 6) is 0. The molecule has 8 heteroatoms. The first-order valence-corrected chi connectivity index (χ1v) is 10.8. The molecule has 4 aromatic rings. The van der Waals surface area contributed by atoms with Crippen molar-refractivity contribution in [2.24, 2.45) is 0 Å². The highest BCUT2D eigenvalue weighted by atomic mass is 35.5. The summed E-state index contributed by atoms with van der Waals surface area (Å²) in [5.41, 5.74) is 4.86. The fourth-order valence-corrected chi connectivity index (χ4v) is 5.11. The summed E-state index contributed by atoms with van der Waals surface area (Å²) in [6.45, 7) is 3.35. The number of rotatable bonds is 2. The maximum atomic E-state index is 13.5. The molecule has 1 aliphatic heterocycles. The Kier molecular flexibility index (Phi) is 4.57. The number of thiazole rings is 1. The minimum Gasteiger partial charge on any atom is -0.329 e. The molecule has 0 bridgehead atoms. The summed E-state index contributed by atoms with van der Waals surface area (Å²) in [6, 6.07) is 7.34. The van der Waals surface area contributed by atoms with E-state index in [1.165, 1.54) is 11.3 Å². The quantitative estimate of drug-likeness (QED) is 0.410. The Balaban J connectivity index is 1.89. The third kappa shape index (κ3) is 3.12. The van der Waals surface area contributed by atoms with Crippen LogP contribution in [0.1, 0.15) is 12.1 Å². The number of fused-ring (bicyclic) bond motifs is 3. The maximum absolute atomic E-state index is 13.5. The summed E-state index contributed by atoms with van der Waals surface area (Å²) in [5, 5.41) is 3.77. The van der Waals surface area contributed by atoms with Gasteiger partial charge in [0.2, 0.25) is 0 Å². The lowest BCUT2D eigenvalue weighted by Crippen LogP contribution is -2.24. The van der Waals surface area contributed by atoms with Gasteiger partial charge >= 0.3 is 0 Å². The zero-order chi connectivity index (χ0) is 20.1. The topological polar surface area (TPSA) is 52.7 Å². The van der Waals surface area contributed by atoms with E-state index in [0.29, 0.717) is 27.2 Å². The molecule has 4 heterocycles. The molecule has 1 aliphatic rings. The summed E-state index contributed by atoms with van der Waals surface area (Å²) < 4.78 is 3.92. The number of hydrogen-bond acceptors (Lipinski definition) is 4. The van der Waals surface area contributed by atoms with Crippen molar-refractivity contribution >= 4 is 34.5 Å². The monoisotopic (exact) mass is 442 g/mol. The van der Waals surface area contributed by atoms with Gasteiger partial charge in [-0.1, -0.05) is 29.3 Å². The van der Waals surface area contributed by atoms with E-state index in [0.717, 1.165) is 41.2 Å². The number of benzene rings is 1. The molecule has 146 valence electrons. The van der Waals surface area contributed by atoms with Gasteiger partial charge in [-0.15, -0.1) is 11.3 Å². The maximum Gasteiger partial charge on any atom is 0.261 e. The van der Waals surface area contributed by atoms with Gasteiger partial charge in [-0.05, 0) is 31.5 Å². The van der Waals surface area contributed by atoms with Crippen LogP contribution in [0.15, 0.2) is 47.0 Å². The molecule has 0 aliphatic carbocycles. The largest absolute Gasteiger partial charge is 0.329 e. The van der Waals surface area contributed by atoms with Crippen LogP contribution < -0.4 is 5.56 Å². The Morgan fingerprint density at radius 1 is 1.10 bits per heavy atom. The van der Waals surface area contributed by atoms with Crippen molar-refractivity contribution in [2.75, 3.05) is 0 Å². The molecule has 0 amide bonds. The lowest BCUT2D eigenvalue weighted by Gasteiger charge is -2.18. The lowest BCUT2D eigenvalue weighted by atomic mass is 9.99. The van der Waals surface area contributed by atoms with E-state index in [4.69, 9.17) is 23.2 Å². The second-order valence-electron chi connectivity index (χ2n) is 7.02. The lowest BCUT2D eigenvalue weighted by molar-refractivity contribution is 0.584. The molecule has 0 saturated heterocycles. The number of imidazole rings is 1. The average molecular weight is 443 g/mol. The molecule has 0 unspecified atom stereocenters. The molecule has 0 radical (unpaired) electrons. The third-order valence-corrected chi connectivity index (χ3v) is 6.64. The molecule has 0 atom stereocenters. The average Bonchev–Trinajstić information content (AvgIpc) is 3.28. The van der Waals surface area contributed by atoms with Crippen LogP contribution in [-0.2, 0) is 13.1 Å². The van der Waals surface area contributed by atoms with Crippen LogP contribution in [0, 0.1) is 6.92 Å². The number of aryl methyl sites for hydroxylation is 2. The standard InChI is InChI=1S/C21H16Cl2N4OS/c1-12-10-29-20(25-12)16-8-15(14-4-3-13(22)7-17(14)23)19-18-9-24-11-26(18)5-2-6-27(19)21(16)28/h3-4,7-11H,2,5-6H2,1H3. The van der Waals surface area contributed by atoms with Crippen LogP contribution in [0.3, 0.4) is 0 Å². The second-order valence-corrected chi connectivity index (χ2v) is 8.72. The van der Waals surface area contributed by atoms with Crippen LogP contribution in [0.2, 0.25) is 10.0 Å². The van der Waals surface area contributed by atoms with Gasteiger partial charge in [0.1, 0.15) is 5.01 Å². The van der Waals surface area contributed by atoms with Gasteiger partial charge < -0.3 is 9.13 Å². The van der Waals surface area contributed by atoms with Crippen molar-refractivity contribution in [3.8, 4) is 33.1 Å². The van der Waals surface area contributed by atoms with Gasteiger partial charge in [0, 0.05) is 45.3 Å². The van der Waals surface area contributed by atoms with E-state index >= 15 is 0 Å². The molecule has 0 fully saturated rings. The van der Waals surface area contributed by atoms with Gasteiger partial charge in [-0.3, -0.25) is 4.79 Å². The van der Waals surface area contributed by atoms with Gasteiger partial charge in [0.05, 0.1) is 29.5 Å². The highest BCUT2D eigenvalue weighted by Crippen LogP contribution is 2.39. The minimum atomic E-state index is -0.0437. The number of nitrogens with zero attached hydrogens (tertiary/aromatic N) is 4. The first-order valence-electron chi connectivity index (χ1n) is 9.19. The van der Waals surface area contributed by atoms with E-state index in [1.807, 2.05) is 35.1 Å². The molecule has 1 aromatic carbocycles. The smallest absolute Gasteiger partial charge is 0.261 e. The van der Waals surface area contributed by atoms with Crippen LogP contribution in [0.25, 0.3) is 33.1 Å². The fraction of sp³-hybridized carbons (Fsp3) is 0.190. The zero-order valence-corrected chi connectivity index (χ0v) is 17.9. The van der Waals surface area contributed by atoms with E-state index < -0.39 is 0 Å². The third-order valence-electron chi connectivity index (χ3n) is 5.10. The molecule has 3 aromatic heterocycles. The van der Waals surface area contributed by atoms with Gasteiger partial charge in [0.25, 0.3) is 5.56 Å². The number of pyridine rings is 1. The van der Waals surface area contributed by atoms with Crippen molar-refractivity contribution < 1.29 is 0 Å². The van der Waals surface area contributed by atoms with Crippen LogP contribution >= 0.6 is 34.5 Å². The van der Waals surface area contributed by atoms with Gasteiger partial charge in [-0.2, -0.15) is 0 Å². The number of hydrogen-bond donors (Lipinski definition) is 0. The van der Waals surface area contributed by atoms with Crippen molar-refractivity contribution in [3.05, 3.63) is 68.3 Å². The summed E-state index contributed by atoms with van der Waals surface area (Å²) >= 11 is 14.2. The normalized spacial score (nSPS) is 13.1. The van der Waals surface area contributed by atoms with E-state index in [1.54, 1.807) is 18.6 Å². The SMILES string of the molecule is Cc1csc(-c2cc(-c3ccc(Cl)cc3Cl)c3n(c2=O)CCCn2cncc2-3)n1. The molecule has 0 spiro atoms. The van der Waals surface area contributed by atoms with E-state index in [2.05, 4.69) is 14.5 Å². The Hall–Kier alpha value is -2.41. The molecule has 5 rings (SSSR count). The van der Waals surface area contributed by atoms with E-state index in [-0.39, 0.29) is 5.56 Å². The van der Waals surface area contributed by atoms with Gasteiger partial charge in [0.15, 0.2) is 0 Å². The first kappa shape index (κ1) is 18.6. The van der Waals surface area contributed by atoms with Crippen LogP contribution in [0.5, 0.6) is 0 Å². The fourth-order valence-electron chi connectivity index (χ4n) is 3.80. The van der Waals surface area contributed by atoms with Crippen molar-refractivity contribution in [2.45, 2.75) is 26.4 Å². The predicted molar refractivity (Wildman–Crippen MR) is 118 cm³/mol.